The van der Waals surface area contributed by atoms with Gasteiger partial charge in [-0.1, -0.05) is 41.2 Å². The number of aromatic nitrogens is 2. The molecule has 0 radical (unpaired) electrons. The Balaban J connectivity index is 1.43. The summed E-state index contributed by atoms with van der Waals surface area (Å²) in [7, 11) is 0. The molecule has 6 nitrogen and oxygen atoms in total. The van der Waals surface area contributed by atoms with Crippen molar-refractivity contribution in [2.75, 3.05) is 25.0 Å². The number of aryl methyl sites for hydroxylation is 1. The number of hydrogen-bond acceptors (Lipinski definition) is 6. The van der Waals surface area contributed by atoms with Crippen molar-refractivity contribution in [3.63, 3.8) is 0 Å². The fourth-order valence-electron chi connectivity index (χ4n) is 2.74. The predicted molar refractivity (Wildman–Crippen MR) is 94.3 cm³/mol. The van der Waals surface area contributed by atoms with E-state index in [-0.39, 0.29) is 19.1 Å². The molecule has 0 saturated carbocycles. The predicted octanol–water partition coefficient (Wildman–Crippen LogP) is 3.26. The number of benzene rings is 1. The minimum atomic E-state index is -1.08. The van der Waals surface area contributed by atoms with Crippen LogP contribution in [-0.4, -0.2) is 47.0 Å². The molecule has 2 atom stereocenters. The van der Waals surface area contributed by atoms with E-state index in [9.17, 15) is 9.18 Å². The molecule has 1 aromatic carbocycles. The van der Waals surface area contributed by atoms with E-state index in [0.29, 0.717) is 24.6 Å². The summed E-state index contributed by atoms with van der Waals surface area (Å²) in [4.78, 5) is 13.6. The van der Waals surface area contributed by atoms with Gasteiger partial charge < -0.3 is 15.0 Å². The van der Waals surface area contributed by atoms with Crippen molar-refractivity contribution in [2.45, 2.75) is 26.1 Å². The molecule has 1 aliphatic heterocycles. The van der Waals surface area contributed by atoms with Gasteiger partial charge in [-0.05, 0) is 18.9 Å². The summed E-state index contributed by atoms with van der Waals surface area (Å²) in [5.41, 5.74) is 3.70. The van der Waals surface area contributed by atoms with E-state index in [1.807, 2.05) is 31.2 Å². The standard InChI is InChI=1S/C17H21FN4O2S/c1-12-2-4-13(5-3-12)10-24-17(23)22-7-6-14(15(18)9-22)8-19-16-21-20-11-25-16/h2-5,11,14-15H,6-10H2,1H3,(H,19,21)/t14-,15-/m0/s1. The summed E-state index contributed by atoms with van der Waals surface area (Å²) in [5, 5.41) is 11.4. The minimum Gasteiger partial charge on any atom is -0.445 e. The Labute approximate surface area is 150 Å². The number of rotatable bonds is 5. The van der Waals surface area contributed by atoms with Crippen molar-refractivity contribution < 1.29 is 13.9 Å². The van der Waals surface area contributed by atoms with Gasteiger partial charge in [-0.2, -0.15) is 0 Å². The number of anilines is 1. The molecule has 8 heteroatoms. The summed E-state index contributed by atoms with van der Waals surface area (Å²) < 4.78 is 19.7. The maximum atomic E-state index is 14.4. The first-order chi connectivity index (χ1) is 12.1. The quantitative estimate of drug-likeness (QED) is 0.882. The van der Waals surface area contributed by atoms with Crippen molar-refractivity contribution in [3.8, 4) is 0 Å². The molecule has 1 aromatic heterocycles. The van der Waals surface area contributed by atoms with Gasteiger partial charge >= 0.3 is 6.09 Å². The van der Waals surface area contributed by atoms with Crippen LogP contribution in [0.4, 0.5) is 14.3 Å². The second-order valence-electron chi connectivity index (χ2n) is 6.18. The van der Waals surface area contributed by atoms with Crippen LogP contribution in [0.5, 0.6) is 0 Å². The van der Waals surface area contributed by atoms with Crippen molar-refractivity contribution in [1.82, 2.24) is 15.1 Å². The maximum Gasteiger partial charge on any atom is 0.410 e. The number of nitrogens with one attached hydrogen (secondary N) is 1. The molecular formula is C17H21FN4O2S. The van der Waals surface area contributed by atoms with E-state index < -0.39 is 12.3 Å². The van der Waals surface area contributed by atoms with Crippen LogP contribution in [-0.2, 0) is 11.3 Å². The Morgan fingerprint density at radius 3 is 2.92 bits per heavy atom. The van der Waals surface area contributed by atoms with Crippen molar-refractivity contribution in [3.05, 3.63) is 40.9 Å². The van der Waals surface area contributed by atoms with Gasteiger partial charge in [0.2, 0.25) is 5.13 Å². The number of halogens is 1. The molecular weight excluding hydrogens is 343 g/mol. The number of amides is 1. The van der Waals surface area contributed by atoms with Gasteiger partial charge in [-0.15, -0.1) is 10.2 Å². The number of nitrogens with zero attached hydrogens (tertiary/aromatic N) is 3. The van der Waals surface area contributed by atoms with Crippen LogP contribution in [0.1, 0.15) is 17.5 Å². The van der Waals surface area contributed by atoms with Gasteiger partial charge in [-0.3, -0.25) is 0 Å². The fourth-order valence-corrected chi connectivity index (χ4v) is 3.19. The lowest BCUT2D eigenvalue weighted by Crippen LogP contribution is -2.46. The number of ether oxygens (including phenoxy) is 1. The van der Waals surface area contributed by atoms with Gasteiger partial charge in [0.1, 0.15) is 18.3 Å². The van der Waals surface area contributed by atoms with Gasteiger partial charge in [0.15, 0.2) is 0 Å². The number of piperidine rings is 1. The lowest BCUT2D eigenvalue weighted by atomic mass is 9.95. The largest absolute Gasteiger partial charge is 0.445 e. The zero-order valence-corrected chi connectivity index (χ0v) is 14.8. The van der Waals surface area contributed by atoms with Crippen molar-refractivity contribution in [2.24, 2.45) is 5.92 Å². The maximum absolute atomic E-state index is 14.4. The Morgan fingerprint density at radius 2 is 2.24 bits per heavy atom. The van der Waals surface area contributed by atoms with Crippen LogP contribution in [0.25, 0.3) is 0 Å². The Kier molecular flexibility index (Phi) is 5.80. The topological polar surface area (TPSA) is 67.3 Å². The van der Waals surface area contributed by atoms with E-state index >= 15 is 0 Å². The first-order valence-electron chi connectivity index (χ1n) is 8.23. The van der Waals surface area contributed by atoms with Gasteiger partial charge in [0, 0.05) is 19.0 Å². The average Bonchev–Trinajstić information content (AvgIpc) is 3.13. The van der Waals surface area contributed by atoms with Crippen LogP contribution in [0.15, 0.2) is 29.8 Å². The molecule has 0 spiro atoms. The van der Waals surface area contributed by atoms with E-state index in [0.717, 1.165) is 11.1 Å². The number of alkyl halides is 1. The third-order valence-corrected chi connectivity index (χ3v) is 4.94. The normalized spacial score (nSPS) is 20.3. The zero-order chi connectivity index (χ0) is 17.6. The zero-order valence-electron chi connectivity index (χ0n) is 14.0. The lowest BCUT2D eigenvalue weighted by molar-refractivity contribution is 0.0544. The van der Waals surface area contributed by atoms with Crippen LogP contribution >= 0.6 is 11.3 Å². The molecule has 1 saturated heterocycles. The molecule has 2 aromatic rings. The van der Waals surface area contributed by atoms with Gasteiger partial charge in [-0.25, -0.2) is 9.18 Å². The Morgan fingerprint density at radius 1 is 1.44 bits per heavy atom. The molecule has 1 fully saturated rings. The van der Waals surface area contributed by atoms with Crippen LogP contribution in [0.2, 0.25) is 0 Å². The third kappa shape index (κ3) is 4.88. The van der Waals surface area contributed by atoms with Crippen LogP contribution in [0, 0.1) is 12.8 Å². The number of hydrogen-bond donors (Lipinski definition) is 1. The second-order valence-corrected chi connectivity index (χ2v) is 7.01. The van der Waals surface area contributed by atoms with E-state index in [2.05, 4.69) is 15.5 Å². The number of carbonyl (C=O) groups excluding carboxylic acids is 1. The lowest BCUT2D eigenvalue weighted by Gasteiger charge is -2.34. The van der Waals surface area contributed by atoms with Gasteiger partial charge in [0.05, 0.1) is 6.54 Å². The highest BCUT2D eigenvalue weighted by molar-refractivity contribution is 7.13. The molecule has 3 rings (SSSR count). The molecule has 0 aliphatic carbocycles. The summed E-state index contributed by atoms with van der Waals surface area (Å²) in [6.45, 7) is 3.25. The monoisotopic (exact) mass is 364 g/mol. The highest BCUT2D eigenvalue weighted by atomic mass is 32.1. The smallest absolute Gasteiger partial charge is 0.410 e. The Hall–Kier alpha value is -2.22. The highest BCUT2D eigenvalue weighted by Gasteiger charge is 2.32. The fraction of sp³-hybridized carbons (Fsp3) is 0.471. The summed E-state index contributed by atoms with van der Waals surface area (Å²) >= 11 is 1.38. The summed E-state index contributed by atoms with van der Waals surface area (Å²) in [6.07, 6.45) is -0.952. The third-order valence-electron chi connectivity index (χ3n) is 4.29. The van der Waals surface area contributed by atoms with Crippen molar-refractivity contribution >= 4 is 22.6 Å². The molecule has 1 aliphatic rings. The Bertz CT molecular complexity index is 680. The molecule has 2 heterocycles. The van der Waals surface area contributed by atoms with E-state index in [1.54, 1.807) is 5.51 Å². The van der Waals surface area contributed by atoms with Crippen LogP contribution in [0.3, 0.4) is 0 Å². The molecule has 25 heavy (non-hydrogen) atoms. The molecule has 0 bridgehead atoms. The molecule has 1 amide bonds. The summed E-state index contributed by atoms with van der Waals surface area (Å²) in [6, 6.07) is 7.78. The molecule has 0 unspecified atom stereocenters. The van der Waals surface area contributed by atoms with E-state index in [4.69, 9.17) is 4.74 Å². The highest BCUT2D eigenvalue weighted by Crippen LogP contribution is 2.22. The molecule has 134 valence electrons. The van der Waals surface area contributed by atoms with Crippen LogP contribution < -0.4 is 5.32 Å². The number of carbonyl (C=O) groups is 1. The van der Waals surface area contributed by atoms with E-state index in [1.165, 1.54) is 16.2 Å². The van der Waals surface area contributed by atoms with Gasteiger partial charge in [0.25, 0.3) is 0 Å². The van der Waals surface area contributed by atoms with Crippen molar-refractivity contribution in [1.29, 1.82) is 0 Å². The SMILES string of the molecule is Cc1ccc(COC(=O)N2CC[C@@H](CNc3nncs3)[C@@H](F)C2)cc1. The molecule has 1 N–H and O–H groups in total. The first-order valence-corrected chi connectivity index (χ1v) is 9.11. The second kappa shape index (κ2) is 8.24. The minimum absolute atomic E-state index is 0.0647. The summed E-state index contributed by atoms with van der Waals surface area (Å²) in [5.74, 6) is -0.148. The first kappa shape index (κ1) is 17.6. The average molecular weight is 364 g/mol. The number of likely N-dealkylation sites (tertiary alicyclic amines) is 1.